The van der Waals surface area contributed by atoms with E-state index >= 15 is 0 Å². The molecule has 2 aromatic rings. The second kappa shape index (κ2) is 6.22. The van der Waals surface area contributed by atoms with Gasteiger partial charge in [0.05, 0.1) is 10.7 Å². The maximum absolute atomic E-state index is 12.6. The van der Waals surface area contributed by atoms with Crippen molar-refractivity contribution >= 4 is 28.3 Å². The Kier molecular flexibility index (Phi) is 4.31. The number of aryl methyl sites for hydroxylation is 1. The summed E-state index contributed by atoms with van der Waals surface area (Å²) in [6.07, 6.45) is 1.80. The predicted molar refractivity (Wildman–Crippen MR) is 87.1 cm³/mol. The predicted octanol–water partition coefficient (Wildman–Crippen LogP) is 2.04. The molecule has 0 aliphatic carbocycles. The highest BCUT2D eigenvalue weighted by molar-refractivity contribution is 7.85. The van der Waals surface area contributed by atoms with Crippen LogP contribution in [0.1, 0.15) is 16.1 Å². The number of hydrogen-bond acceptors (Lipinski definition) is 3. The fourth-order valence-electron chi connectivity index (χ4n) is 2.42. The number of amides is 1. The number of rotatable bonds is 2. The zero-order valence-electron chi connectivity index (χ0n) is 12.2. The number of hydrogen-bond donors (Lipinski definition) is 0. The van der Waals surface area contributed by atoms with Gasteiger partial charge in [-0.3, -0.25) is 9.00 Å². The van der Waals surface area contributed by atoms with E-state index in [0.29, 0.717) is 35.3 Å². The average Bonchev–Trinajstić information content (AvgIpc) is 2.89. The van der Waals surface area contributed by atoms with Crippen molar-refractivity contribution in [1.29, 1.82) is 0 Å². The van der Waals surface area contributed by atoms with Crippen LogP contribution in [0.3, 0.4) is 0 Å². The van der Waals surface area contributed by atoms with Crippen molar-refractivity contribution in [3.8, 4) is 5.69 Å². The van der Waals surface area contributed by atoms with Crippen LogP contribution in [0, 0.1) is 6.92 Å². The molecule has 1 aromatic carbocycles. The first-order valence-corrected chi connectivity index (χ1v) is 8.88. The topological polar surface area (TPSA) is 55.2 Å². The molecule has 7 heteroatoms. The SMILES string of the molecule is Cc1cn(-c2ccccc2Cl)nc1C(=O)N1CCS(=O)CC1. The molecular formula is C15H16ClN3O2S. The molecule has 0 N–H and O–H groups in total. The normalized spacial score (nSPS) is 16.0. The molecule has 0 radical (unpaired) electrons. The van der Waals surface area contributed by atoms with Gasteiger partial charge < -0.3 is 4.90 Å². The van der Waals surface area contributed by atoms with Gasteiger partial charge in [-0.15, -0.1) is 0 Å². The van der Waals surface area contributed by atoms with Crippen molar-refractivity contribution in [3.05, 3.63) is 46.7 Å². The molecule has 1 amide bonds. The summed E-state index contributed by atoms with van der Waals surface area (Å²) in [7, 11) is -0.804. The number of carbonyl (C=O) groups is 1. The summed E-state index contributed by atoms with van der Waals surface area (Å²) in [6.45, 7) is 2.89. The molecule has 1 aliphatic rings. The number of benzene rings is 1. The van der Waals surface area contributed by atoms with Crippen LogP contribution in [0.25, 0.3) is 5.69 Å². The molecule has 2 heterocycles. The molecule has 116 valence electrons. The number of para-hydroxylation sites is 1. The van der Waals surface area contributed by atoms with Crippen LogP contribution in [-0.4, -0.2) is 49.4 Å². The molecule has 1 aliphatic heterocycles. The molecule has 5 nitrogen and oxygen atoms in total. The highest BCUT2D eigenvalue weighted by atomic mass is 35.5. The fourth-order valence-corrected chi connectivity index (χ4v) is 3.70. The van der Waals surface area contributed by atoms with Crippen LogP contribution in [0.5, 0.6) is 0 Å². The van der Waals surface area contributed by atoms with Crippen molar-refractivity contribution in [3.63, 3.8) is 0 Å². The highest BCUT2D eigenvalue weighted by Gasteiger charge is 2.25. The van der Waals surface area contributed by atoms with Crippen LogP contribution in [-0.2, 0) is 10.8 Å². The number of nitrogens with zero attached hydrogens (tertiary/aromatic N) is 3. The lowest BCUT2D eigenvalue weighted by Crippen LogP contribution is -2.42. The molecule has 0 bridgehead atoms. The van der Waals surface area contributed by atoms with Gasteiger partial charge in [0, 0.05) is 47.2 Å². The van der Waals surface area contributed by atoms with Crippen LogP contribution in [0.4, 0.5) is 0 Å². The van der Waals surface area contributed by atoms with Crippen molar-refractivity contribution in [2.45, 2.75) is 6.92 Å². The Morgan fingerprint density at radius 1 is 1.27 bits per heavy atom. The largest absolute Gasteiger partial charge is 0.335 e. The van der Waals surface area contributed by atoms with Gasteiger partial charge in [0.25, 0.3) is 5.91 Å². The molecule has 1 saturated heterocycles. The van der Waals surface area contributed by atoms with Crippen molar-refractivity contribution < 1.29 is 9.00 Å². The van der Waals surface area contributed by atoms with E-state index in [4.69, 9.17) is 11.6 Å². The van der Waals surface area contributed by atoms with Crippen LogP contribution in [0.2, 0.25) is 5.02 Å². The lowest BCUT2D eigenvalue weighted by molar-refractivity contribution is 0.0764. The number of carbonyl (C=O) groups excluding carboxylic acids is 1. The standard InChI is InChI=1S/C15H16ClN3O2S/c1-11-10-19(13-5-3-2-4-12(13)16)17-14(11)15(20)18-6-8-22(21)9-7-18/h2-5,10H,6-9H2,1H3. The monoisotopic (exact) mass is 337 g/mol. The Morgan fingerprint density at radius 2 is 1.95 bits per heavy atom. The second-order valence-electron chi connectivity index (χ2n) is 5.20. The zero-order chi connectivity index (χ0) is 15.7. The van der Waals surface area contributed by atoms with Gasteiger partial charge >= 0.3 is 0 Å². The lowest BCUT2D eigenvalue weighted by atomic mass is 10.2. The minimum absolute atomic E-state index is 0.111. The van der Waals surface area contributed by atoms with Gasteiger partial charge in [0.15, 0.2) is 5.69 Å². The maximum Gasteiger partial charge on any atom is 0.274 e. The third kappa shape index (κ3) is 2.94. The second-order valence-corrected chi connectivity index (χ2v) is 7.30. The summed E-state index contributed by atoms with van der Waals surface area (Å²) in [5, 5.41) is 4.98. The first-order chi connectivity index (χ1) is 10.6. The highest BCUT2D eigenvalue weighted by Crippen LogP contribution is 2.21. The van der Waals surface area contributed by atoms with E-state index in [0.717, 1.165) is 11.3 Å². The third-order valence-corrected chi connectivity index (χ3v) is 5.26. The van der Waals surface area contributed by atoms with Crippen LogP contribution in [0.15, 0.2) is 30.5 Å². The minimum atomic E-state index is -0.804. The zero-order valence-corrected chi connectivity index (χ0v) is 13.7. The molecule has 3 rings (SSSR count). The van der Waals surface area contributed by atoms with E-state index in [1.807, 2.05) is 25.1 Å². The molecule has 0 unspecified atom stereocenters. The molecule has 0 spiro atoms. The van der Waals surface area contributed by atoms with E-state index in [1.54, 1.807) is 21.8 Å². The lowest BCUT2D eigenvalue weighted by Gasteiger charge is -2.25. The van der Waals surface area contributed by atoms with E-state index in [-0.39, 0.29) is 5.91 Å². The Balaban J connectivity index is 1.88. The quantitative estimate of drug-likeness (QED) is 0.842. The first-order valence-electron chi connectivity index (χ1n) is 7.01. The van der Waals surface area contributed by atoms with Gasteiger partial charge in [-0.25, -0.2) is 4.68 Å². The summed E-state index contributed by atoms with van der Waals surface area (Å²) in [5.74, 6) is 0.964. The Hall–Kier alpha value is -1.66. The van der Waals surface area contributed by atoms with Gasteiger partial charge in [-0.2, -0.15) is 5.10 Å². The van der Waals surface area contributed by atoms with E-state index in [9.17, 15) is 9.00 Å². The third-order valence-electron chi connectivity index (χ3n) is 3.66. The molecular weight excluding hydrogens is 322 g/mol. The summed E-state index contributed by atoms with van der Waals surface area (Å²) in [4.78, 5) is 14.3. The minimum Gasteiger partial charge on any atom is -0.335 e. The number of halogens is 1. The van der Waals surface area contributed by atoms with Gasteiger partial charge in [-0.05, 0) is 19.1 Å². The van der Waals surface area contributed by atoms with Crippen molar-refractivity contribution in [1.82, 2.24) is 14.7 Å². The first kappa shape index (κ1) is 15.2. The number of aromatic nitrogens is 2. The van der Waals surface area contributed by atoms with E-state index in [1.165, 1.54) is 0 Å². The fraction of sp³-hybridized carbons (Fsp3) is 0.333. The van der Waals surface area contributed by atoms with Crippen LogP contribution < -0.4 is 0 Å². The van der Waals surface area contributed by atoms with Crippen molar-refractivity contribution in [2.24, 2.45) is 0 Å². The van der Waals surface area contributed by atoms with Gasteiger partial charge in [-0.1, -0.05) is 23.7 Å². The Bertz CT molecular complexity index is 734. The van der Waals surface area contributed by atoms with Gasteiger partial charge in [0.2, 0.25) is 0 Å². The molecule has 22 heavy (non-hydrogen) atoms. The Morgan fingerprint density at radius 3 is 2.64 bits per heavy atom. The average molecular weight is 338 g/mol. The summed E-state index contributed by atoms with van der Waals surface area (Å²) in [5.41, 5.74) is 1.97. The Labute approximate surface area is 136 Å². The van der Waals surface area contributed by atoms with Crippen molar-refractivity contribution in [2.75, 3.05) is 24.6 Å². The van der Waals surface area contributed by atoms with E-state index < -0.39 is 10.8 Å². The summed E-state index contributed by atoms with van der Waals surface area (Å²) >= 11 is 6.17. The molecule has 1 fully saturated rings. The molecule has 1 aromatic heterocycles. The van der Waals surface area contributed by atoms with Crippen LogP contribution >= 0.6 is 11.6 Å². The molecule has 0 atom stereocenters. The van der Waals surface area contributed by atoms with Gasteiger partial charge in [0.1, 0.15) is 0 Å². The smallest absolute Gasteiger partial charge is 0.274 e. The summed E-state index contributed by atoms with van der Waals surface area (Å²) in [6, 6.07) is 7.37. The maximum atomic E-state index is 12.6. The van der Waals surface area contributed by atoms with E-state index in [2.05, 4.69) is 5.10 Å². The summed E-state index contributed by atoms with van der Waals surface area (Å²) < 4.78 is 13.0. The molecule has 0 saturated carbocycles.